The highest BCUT2D eigenvalue weighted by Gasteiger charge is 2.35. The maximum absolute atomic E-state index is 15.9. The molecule has 6 atom stereocenters. The number of nitrogens with zero attached hydrogens (tertiary/aromatic N) is 9. The first kappa shape index (κ1) is 88.4. The van der Waals surface area contributed by atoms with Gasteiger partial charge < -0.3 is 20.6 Å². The average Bonchev–Trinajstić information content (AvgIpc) is 0.709. The first-order valence-corrected chi connectivity index (χ1v) is 45.8. The smallest absolute Gasteiger partial charge is 0.263 e. The molecule has 0 spiro atoms. The van der Waals surface area contributed by atoms with Crippen LogP contribution in [0.3, 0.4) is 0 Å². The number of unbranched alkanes of at least 4 members (excludes halogenated alkanes) is 6. The van der Waals surface area contributed by atoms with E-state index < -0.39 is 50.0 Å². The van der Waals surface area contributed by atoms with Crippen molar-refractivity contribution in [3.05, 3.63) is 155 Å². The summed E-state index contributed by atoms with van der Waals surface area (Å²) in [5.41, 5.74) is -3.64. The molecule has 3 aromatic carbocycles. The van der Waals surface area contributed by atoms with Gasteiger partial charge in [-0.1, -0.05) is 199 Å². The molecule has 6 aliphatic rings. The molecule has 0 fully saturated rings. The molecule has 0 saturated heterocycles. The first-order valence-electron chi connectivity index (χ1n) is 44.2. The van der Waals surface area contributed by atoms with Crippen molar-refractivity contribution in [2.24, 2.45) is 50.5 Å². The molecule has 6 aromatic rings. The number of nitrogens with one attached hydrogen (secondary N) is 1. The van der Waals surface area contributed by atoms with Crippen molar-refractivity contribution in [2.45, 2.75) is 276 Å². The molecule has 118 heavy (non-hydrogen) atoms. The molecule has 0 radical (unpaired) electrons. The fourth-order valence-electron chi connectivity index (χ4n) is 18.6. The maximum atomic E-state index is 15.9. The molecule has 22 nitrogen and oxygen atoms in total. The van der Waals surface area contributed by atoms with Gasteiger partial charge in [-0.3, -0.25) is 85.5 Å². The number of aromatic hydroxyl groups is 3. The molecule has 6 heterocycles. The zero-order chi connectivity index (χ0) is 84.8. The lowest BCUT2D eigenvalue weighted by Gasteiger charge is -2.24. The van der Waals surface area contributed by atoms with Crippen LogP contribution in [0.15, 0.2) is 103 Å². The second-order valence-corrected chi connectivity index (χ2v) is 35.3. The number of hydrogen-bond acceptors (Lipinski definition) is 16. The molecular weight excluding hydrogens is 1620 g/mol. The highest BCUT2D eigenvalue weighted by atomic mass is 79.9. The van der Waals surface area contributed by atoms with Gasteiger partial charge >= 0.3 is 0 Å². The first-order chi connectivity index (χ1) is 56.9. The van der Waals surface area contributed by atoms with Crippen LogP contribution in [0.2, 0.25) is 0 Å². The molecule has 3 aliphatic carbocycles. The van der Waals surface area contributed by atoms with Crippen molar-refractivity contribution in [3.63, 3.8) is 0 Å². The lowest BCUT2D eigenvalue weighted by Crippen LogP contribution is -2.39. The zero-order valence-electron chi connectivity index (χ0n) is 71.3. The predicted octanol–water partition coefficient (Wildman–Crippen LogP) is 17.1. The van der Waals surface area contributed by atoms with E-state index in [9.17, 15) is 24.9 Å². The summed E-state index contributed by atoms with van der Waals surface area (Å²) in [5.74, 6) is -0.955. The fourth-order valence-corrected chi connectivity index (χ4v) is 19.8. The summed E-state index contributed by atoms with van der Waals surface area (Å²) in [6, 6.07) is 9.73. The van der Waals surface area contributed by atoms with Gasteiger partial charge in [0.15, 0.2) is 0 Å². The summed E-state index contributed by atoms with van der Waals surface area (Å²) in [4.78, 5) is 154. The second-order valence-electron chi connectivity index (χ2n) is 33.6. The van der Waals surface area contributed by atoms with E-state index in [1.54, 1.807) is 36.4 Å². The zero-order valence-corrected chi connectivity index (χ0v) is 74.4. The molecule has 0 bridgehead atoms. The Bertz CT molecular complexity index is 6300. The Labute approximate surface area is 704 Å². The second kappa shape index (κ2) is 38.7. The number of pyridine rings is 6. The Morgan fingerprint density at radius 1 is 0.305 bits per heavy atom. The van der Waals surface area contributed by atoms with Gasteiger partial charge in [-0.15, -0.1) is 0 Å². The van der Waals surface area contributed by atoms with E-state index in [1.807, 2.05) is 20.8 Å². The number of anilines is 1. The van der Waals surface area contributed by atoms with Crippen LogP contribution >= 0.6 is 31.9 Å². The quantitative estimate of drug-likeness (QED) is 0.0204. The lowest BCUT2D eigenvalue weighted by molar-refractivity contribution is 0.344. The van der Waals surface area contributed by atoms with Gasteiger partial charge in [-0.2, -0.15) is 0 Å². The number of aromatic nitrogens is 6. The van der Waals surface area contributed by atoms with Gasteiger partial charge in [0, 0.05) is 109 Å². The van der Waals surface area contributed by atoms with Crippen LogP contribution in [-0.2, 0) is 39.3 Å². The molecule has 0 saturated carbocycles. The molecule has 632 valence electrons. The molecule has 6 unspecified atom stereocenters. The van der Waals surface area contributed by atoms with Gasteiger partial charge in [-0.25, -0.2) is 0 Å². The van der Waals surface area contributed by atoms with E-state index >= 15 is 33.6 Å². The molecule has 3 aromatic heterocycles. The Morgan fingerprint density at radius 3 is 0.831 bits per heavy atom. The Kier molecular flexibility index (Phi) is 29.0. The summed E-state index contributed by atoms with van der Waals surface area (Å²) in [5, 5.41) is 43.9. The number of halogens is 2. The summed E-state index contributed by atoms with van der Waals surface area (Å²) in [7, 11) is 0. The minimum atomic E-state index is -0.609. The summed E-state index contributed by atoms with van der Waals surface area (Å²) in [6.07, 6.45) is 20.0. The predicted molar refractivity (Wildman–Crippen MR) is 486 cm³/mol. The third-order valence-electron chi connectivity index (χ3n) is 26.0. The molecule has 0 amide bonds. The maximum Gasteiger partial charge on any atom is 0.263 e. The monoisotopic (exact) mass is 1740 g/mol. The topological polar surface area (TPSA) is 293 Å². The minimum absolute atomic E-state index is 0.0149. The molecule has 24 heteroatoms. The number of benzene rings is 6. The van der Waals surface area contributed by atoms with Crippen LogP contribution in [0.5, 0.6) is 17.6 Å². The minimum Gasteiger partial charge on any atom is -0.494 e. The van der Waals surface area contributed by atoms with Crippen LogP contribution in [-0.4, -0.2) is 68.9 Å². The van der Waals surface area contributed by atoms with Crippen molar-refractivity contribution in [2.75, 3.05) is 31.5 Å². The van der Waals surface area contributed by atoms with Crippen molar-refractivity contribution in [1.29, 1.82) is 0 Å². The van der Waals surface area contributed by atoms with Crippen molar-refractivity contribution < 1.29 is 15.3 Å². The lowest BCUT2D eigenvalue weighted by atomic mass is 9.89. The average molecular weight is 1740 g/mol. The standard InChI is InChI=1S/C94H120Br2N10O12/c1-13-25-31-53(19-7)47-101-85(109)61-43-67(79-73-59(41-65(95)77(71(61)73)89(101)113)83(107)103(91(79)115)49-55(21-9)33-27-15-3)97-37-39-99-69-45-63-76-75-64(88(112)105(93(117)81(69)75)51-57(23-11)35-29-17-5)46-70(82(76)94(118)106(87(63)111)52-58(24-12)36-30-18-6)100-40-38-98-68-44-62-72-74-60(84(108)104(92(116)80(68)74)50-56(22-10)34-28-16-4)42-66(96)78(72)90(114)102(86(62)110)48-54(20-8)32-26-14-2/h41-46,53-58,99,107-108,111H,13-40,47-52H2,1-12H3. The van der Waals surface area contributed by atoms with E-state index in [-0.39, 0.29) is 238 Å². The molecular formula is C94H120Br2N10O12. The Hall–Kier alpha value is -8.90. The van der Waals surface area contributed by atoms with Gasteiger partial charge in [0.05, 0.1) is 84.7 Å². The highest BCUT2D eigenvalue weighted by molar-refractivity contribution is 9.11. The van der Waals surface area contributed by atoms with Gasteiger partial charge in [0.2, 0.25) is 17.6 Å². The largest absolute Gasteiger partial charge is 0.494 e. The molecule has 4 N–H and O–H groups in total. The Morgan fingerprint density at radius 2 is 0.551 bits per heavy atom. The van der Waals surface area contributed by atoms with Crippen molar-refractivity contribution in [3.8, 4) is 51.0 Å². The van der Waals surface area contributed by atoms with Gasteiger partial charge in [-0.05, 0) is 142 Å². The van der Waals surface area contributed by atoms with E-state index in [2.05, 4.69) is 99.5 Å². The van der Waals surface area contributed by atoms with Gasteiger partial charge in [0.1, 0.15) is 0 Å². The third kappa shape index (κ3) is 16.6. The van der Waals surface area contributed by atoms with Crippen LogP contribution < -0.4 is 71.4 Å². The molecule has 3 aliphatic heterocycles. The van der Waals surface area contributed by atoms with Gasteiger partial charge in [0.25, 0.3) is 50.0 Å². The summed E-state index contributed by atoms with van der Waals surface area (Å²) < 4.78 is 8.78. The molecule has 12 rings (SSSR count). The third-order valence-corrected chi connectivity index (χ3v) is 27.3. The fraction of sp³-hybridized carbons (Fsp3) is 0.553. The van der Waals surface area contributed by atoms with Crippen LogP contribution in [0.25, 0.3) is 98.0 Å². The number of rotatable bonds is 43. The van der Waals surface area contributed by atoms with Crippen LogP contribution in [0, 0.1) is 35.5 Å². The van der Waals surface area contributed by atoms with Crippen molar-refractivity contribution in [1.82, 2.24) is 27.4 Å². The van der Waals surface area contributed by atoms with E-state index in [4.69, 9.17) is 15.0 Å². The summed E-state index contributed by atoms with van der Waals surface area (Å²) in [6.45, 7) is 25.5. The highest BCUT2D eigenvalue weighted by Crippen LogP contribution is 2.45. The SMILES string of the molecule is CCCCC(CC)Cn1c(O)c2cc(Br)c3c4c2c(c(=NCCN=c2cc5c(=O)n(CC(CC)CCCC)c(=O)c6c(NCCN=c7cc8c(=O)n(CC(CC)CCCC)c(=O)c9c(Br)cc%10c(O)n(CC(CC)CCCC)c(=O)c7c%10c9-8)cc7c(O)n(CC(CC)CCCC)c(=O)c2c7c6-5)cc-4c(=O)n(CC(CC)CCCC)c3=O)c1=O. The Balaban J connectivity index is 1.08. The summed E-state index contributed by atoms with van der Waals surface area (Å²) >= 11 is 7.41. The normalized spacial score (nSPS) is 14.5. The van der Waals surface area contributed by atoms with E-state index in [0.29, 0.717) is 21.8 Å². The van der Waals surface area contributed by atoms with E-state index in [1.165, 1.54) is 27.4 Å². The van der Waals surface area contributed by atoms with Crippen molar-refractivity contribution >= 4 is 102 Å². The van der Waals surface area contributed by atoms with Crippen LogP contribution in [0.1, 0.15) is 237 Å². The van der Waals surface area contributed by atoms with Crippen LogP contribution in [0.4, 0.5) is 5.69 Å². The number of hydrogen-bond donors (Lipinski definition) is 4. The van der Waals surface area contributed by atoms with E-state index in [0.717, 1.165) is 141 Å².